The van der Waals surface area contributed by atoms with Crippen LogP contribution >= 0.6 is 23.2 Å². The van der Waals surface area contributed by atoms with Crippen LogP contribution in [0.4, 0.5) is 10.5 Å². The second-order valence-corrected chi connectivity index (χ2v) is 13.8. The molecule has 0 aliphatic carbocycles. The lowest BCUT2D eigenvalue weighted by Gasteiger charge is -2.44. The molecule has 3 aliphatic heterocycles. The molecule has 2 bridgehead atoms. The van der Waals surface area contributed by atoms with Gasteiger partial charge in [-0.1, -0.05) is 53.5 Å². The largest absolute Gasteiger partial charge is 0.493 e. The summed E-state index contributed by atoms with van der Waals surface area (Å²) in [6.07, 6.45) is 3.61. The molecule has 3 aliphatic rings. The molecule has 0 radical (unpaired) electrons. The number of amides is 2. The molecule has 4 aromatic rings. The van der Waals surface area contributed by atoms with Crippen molar-refractivity contribution < 1.29 is 43.6 Å². The Balaban J connectivity index is 1.46. The Kier molecular flexibility index (Phi) is 11.1. The average Bonchev–Trinajstić information content (AvgIpc) is 3.13. The van der Waals surface area contributed by atoms with E-state index in [-0.39, 0.29) is 51.8 Å². The predicted octanol–water partition coefficient (Wildman–Crippen LogP) is 5.94. The number of carbonyl (C=O) groups is 3. The van der Waals surface area contributed by atoms with Gasteiger partial charge < -0.3 is 25.1 Å². The van der Waals surface area contributed by atoms with E-state index in [1.165, 1.54) is 37.6 Å². The lowest BCUT2D eigenvalue weighted by molar-refractivity contribution is -0.904. The molecule has 272 valence electrons. The maximum atomic E-state index is 14.1. The van der Waals surface area contributed by atoms with E-state index in [1.807, 2.05) is 0 Å². The van der Waals surface area contributed by atoms with E-state index in [2.05, 4.69) is 4.90 Å². The fraction of sp³-hybridized carbons (Fsp3) is 0.316. The number of fused-ring (bicyclic) bond motifs is 3. The molecular formula is C38H39Cl2N4O8+. The smallest absolute Gasteiger partial charge is 0.414 e. The van der Waals surface area contributed by atoms with Crippen LogP contribution < -0.4 is 24.8 Å². The molecule has 0 spiro atoms. The molecule has 3 saturated heterocycles. The molecule has 4 heterocycles. The van der Waals surface area contributed by atoms with Gasteiger partial charge in [0.15, 0.2) is 11.5 Å². The molecule has 3 aromatic carbocycles. The van der Waals surface area contributed by atoms with Crippen molar-refractivity contribution in [2.24, 2.45) is 11.7 Å². The Hall–Kier alpha value is -5.04. The van der Waals surface area contributed by atoms with Gasteiger partial charge in [-0.2, -0.15) is 0 Å². The zero-order chi connectivity index (χ0) is 37.1. The third-order valence-electron chi connectivity index (χ3n) is 9.88. The van der Waals surface area contributed by atoms with Crippen molar-refractivity contribution in [3.63, 3.8) is 0 Å². The zero-order valence-electron chi connectivity index (χ0n) is 28.6. The minimum absolute atomic E-state index is 0.00266. The lowest BCUT2D eigenvalue weighted by Crippen LogP contribution is -2.53. The monoisotopic (exact) mass is 749 g/mol. The van der Waals surface area contributed by atoms with Crippen LogP contribution in [0.5, 0.6) is 11.5 Å². The molecule has 7 rings (SSSR count). The minimum atomic E-state index is -1.18. The number of ether oxygens (including phenoxy) is 3. The Morgan fingerprint density at radius 2 is 1.65 bits per heavy atom. The van der Waals surface area contributed by atoms with Crippen LogP contribution in [0.15, 0.2) is 73.1 Å². The minimum Gasteiger partial charge on any atom is -0.493 e. The van der Waals surface area contributed by atoms with Gasteiger partial charge in [0.2, 0.25) is 12.4 Å². The fourth-order valence-electron chi connectivity index (χ4n) is 7.19. The molecule has 12 nitrogen and oxygen atoms in total. The fourth-order valence-corrected chi connectivity index (χ4v) is 7.80. The van der Waals surface area contributed by atoms with Crippen LogP contribution in [0.1, 0.15) is 61.7 Å². The van der Waals surface area contributed by atoms with Gasteiger partial charge in [-0.15, -0.1) is 0 Å². The van der Waals surface area contributed by atoms with Crippen molar-refractivity contribution in [1.82, 2.24) is 4.90 Å². The van der Waals surface area contributed by atoms with Crippen LogP contribution in [0.2, 0.25) is 10.0 Å². The highest BCUT2D eigenvalue weighted by atomic mass is 35.5. The summed E-state index contributed by atoms with van der Waals surface area (Å²) < 4.78 is 17.9. The molecule has 52 heavy (non-hydrogen) atoms. The maximum absolute atomic E-state index is 14.1. The molecule has 1 aromatic heterocycles. The first-order chi connectivity index (χ1) is 25.0. The summed E-state index contributed by atoms with van der Waals surface area (Å²) in [5, 5.41) is 20.8. The number of rotatable bonds is 12. The standard InChI is InChI=1S/C38H38Cl2N4O8/c1-50-33-10-8-24(16-34(33)51-2)27(17-29-30(39)19-43(49)20-31(29)40)28-15-22(7-9-25(28)37(46)47)18-44(32-6-4-3-5-26(32)36(41)45)38(48)52-35-21-42-13-11-23(35)12-14-42/h3-10,15-16,19-20,23,27,35H,11-14,17-18,21H2,1-2H3,(H3-,41,45,46,47,49)/p+1/t27-,35-/m0/s1. The van der Waals surface area contributed by atoms with Gasteiger partial charge in [-0.05, 0) is 85.3 Å². The summed E-state index contributed by atoms with van der Waals surface area (Å²) in [7, 11) is 3.01. The molecule has 2 atom stereocenters. The van der Waals surface area contributed by atoms with Crippen LogP contribution in [0.25, 0.3) is 0 Å². The molecule has 0 saturated carbocycles. The Labute approximate surface area is 310 Å². The van der Waals surface area contributed by atoms with Crippen LogP contribution in [-0.4, -0.2) is 73.1 Å². The lowest BCUT2D eigenvalue weighted by atomic mass is 9.82. The molecule has 14 heteroatoms. The van der Waals surface area contributed by atoms with Crippen molar-refractivity contribution in [3.8, 4) is 11.5 Å². The van der Waals surface area contributed by atoms with Gasteiger partial charge >= 0.3 is 12.1 Å². The first kappa shape index (κ1) is 36.7. The van der Waals surface area contributed by atoms with E-state index in [4.69, 9.17) is 43.1 Å². The summed E-state index contributed by atoms with van der Waals surface area (Å²) in [6.45, 7) is 2.48. The molecule has 4 N–H and O–H groups in total. The maximum Gasteiger partial charge on any atom is 0.414 e. The molecule has 2 amide bonds. The van der Waals surface area contributed by atoms with Gasteiger partial charge in [0.1, 0.15) is 16.1 Å². The number of nitrogens with two attached hydrogens (primary N) is 1. The first-order valence-corrected chi connectivity index (χ1v) is 17.5. The van der Waals surface area contributed by atoms with E-state index in [1.54, 1.807) is 54.6 Å². The summed E-state index contributed by atoms with van der Waals surface area (Å²) >= 11 is 13.2. The molecular weight excluding hydrogens is 711 g/mol. The number of methoxy groups -OCH3 is 2. The number of hydrogen-bond acceptors (Lipinski definition) is 8. The van der Waals surface area contributed by atoms with Gasteiger partial charge in [-0.3, -0.25) is 19.8 Å². The van der Waals surface area contributed by atoms with Crippen LogP contribution in [0, 0.1) is 5.92 Å². The summed E-state index contributed by atoms with van der Waals surface area (Å²) in [6, 6.07) is 16.6. The highest BCUT2D eigenvalue weighted by Gasteiger charge is 2.38. The number of nitrogens with zero attached hydrogens (tertiary/aromatic N) is 3. The summed E-state index contributed by atoms with van der Waals surface area (Å²) in [5.74, 6) is -1.44. The highest BCUT2D eigenvalue weighted by molar-refractivity contribution is 6.35. The number of piperidine rings is 3. The van der Waals surface area contributed by atoms with Gasteiger partial charge in [-0.25, -0.2) is 9.59 Å². The normalized spacial score (nSPS) is 18.3. The van der Waals surface area contributed by atoms with Gasteiger partial charge in [0.25, 0.3) is 5.91 Å². The van der Waals surface area contributed by atoms with Crippen molar-refractivity contribution in [3.05, 3.63) is 116 Å². The van der Waals surface area contributed by atoms with Gasteiger partial charge in [0.05, 0.1) is 37.6 Å². The SMILES string of the molecule is COc1ccc([C@H](Cc2c(Cl)c[n+](O)cc2Cl)c2cc(CN(C(=O)O[C@H]3CN4CCC3CC4)c3ccccc3C(N)=O)ccc2C(=O)O)cc1OC. The number of aromatic nitrogens is 1. The van der Waals surface area contributed by atoms with Crippen molar-refractivity contribution in [1.29, 1.82) is 0 Å². The number of carbonyl (C=O) groups excluding carboxylic acids is 2. The van der Waals surface area contributed by atoms with Crippen molar-refractivity contribution in [2.45, 2.75) is 37.8 Å². The second kappa shape index (κ2) is 15.7. The summed E-state index contributed by atoms with van der Waals surface area (Å²) in [4.78, 5) is 43.1. The number of benzene rings is 3. The second-order valence-electron chi connectivity index (χ2n) is 12.9. The van der Waals surface area contributed by atoms with Crippen LogP contribution in [0.3, 0.4) is 0 Å². The van der Waals surface area contributed by atoms with Crippen LogP contribution in [-0.2, 0) is 17.7 Å². The average molecular weight is 751 g/mol. The number of anilines is 1. The Morgan fingerprint density at radius 3 is 2.27 bits per heavy atom. The molecule has 0 unspecified atom stereocenters. The van der Waals surface area contributed by atoms with Crippen molar-refractivity contribution >= 4 is 46.9 Å². The number of hydrogen-bond donors (Lipinski definition) is 3. The van der Waals surface area contributed by atoms with E-state index < -0.39 is 23.9 Å². The third kappa shape index (κ3) is 7.74. The summed E-state index contributed by atoms with van der Waals surface area (Å²) in [5.41, 5.74) is 8.23. The number of para-hydroxylation sites is 1. The number of pyridine rings is 1. The number of primary amides is 1. The van der Waals surface area contributed by atoms with E-state index in [0.717, 1.165) is 30.7 Å². The number of carboxylic acid groups (broad SMARTS) is 1. The zero-order valence-corrected chi connectivity index (χ0v) is 30.1. The van der Waals surface area contributed by atoms with E-state index >= 15 is 0 Å². The number of carboxylic acids is 1. The van der Waals surface area contributed by atoms with E-state index in [0.29, 0.717) is 40.3 Å². The highest BCUT2D eigenvalue weighted by Crippen LogP contribution is 2.40. The van der Waals surface area contributed by atoms with E-state index in [9.17, 15) is 24.7 Å². The Bertz CT molecular complexity index is 1980. The first-order valence-electron chi connectivity index (χ1n) is 16.7. The number of halogens is 2. The predicted molar refractivity (Wildman–Crippen MR) is 193 cm³/mol. The Morgan fingerprint density at radius 1 is 0.962 bits per heavy atom. The topological polar surface area (TPSA) is 156 Å². The molecule has 3 fully saturated rings. The van der Waals surface area contributed by atoms with Gasteiger partial charge in [0, 0.05) is 22.8 Å². The third-order valence-corrected chi connectivity index (χ3v) is 10.5. The van der Waals surface area contributed by atoms with Crippen molar-refractivity contribution in [2.75, 3.05) is 38.8 Å². The quantitative estimate of drug-likeness (QED) is 0.118. The number of aromatic carboxylic acids is 1.